The van der Waals surface area contributed by atoms with Crippen LogP contribution in [0.15, 0.2) is 72.8 Å². The van der Waals surface area contributed by atoms with Gasteiger partial charge in [0.05, 0.1) is 16.2 Å². The smallest absolute Gasteiger partial charge is 0.229 e. The minimum atomic E-state index is -0.252. The van der Waals surface area contributed by atoms with Crippen molar-refractivity contribution >= 4 is 40.0 Å². The minimum Gasteiger partial charge on any atom is -0.365 e. The molecule has 27 heavy (non-hydrogen) atoms. The monoisotopic (exact) mass is 378 g/mol. The largest absolute Gasteiger partial charge is 0.365 e. The van der Waals surface area contributed by atoms with E-state index >= 15 is 0 Å². The molecule has 0 aliphatic carbocycles. The Morgan fingerprint density at radius 3 is 2.41 bits per heavy atom. The summed E-state index contributed by atoms with van der Waals surface area (Å²) in [6, 6.07) is 21.6. The summed E-state index contributed by atoms with van der Waals surface area (Å²) in [4.78, 5) is 9.17. The molecule has 0 aliphatic heterocycles. The van der Waals surface area contributed by atoms with Crippen LogP contribution in [-0.2, 0) is 6.54 Å². The first-order valence-electron chi connectivity index (χ1n) is 8.46. The van der Waals surface area contributed by atoms with Crippen molar-refractivity contribution < 1.29 is 4.39 Å². The Kier molecular flexibility index (Phi) is 4.85. The highest BCUT2D eigenvalue weighted by Gasteiger charge is 2.09. The zero-order chi connectivity index (χ0) is 18.6. The van der Waals surface area contributed by atoms with Crippen LogP contribution in [0.4, 0.5) is 21.8 Å². The molecule has 6 heteroatoms. The molecule has 0 saturated carbocycles. The van der Waals surface area contributed by atoms with E-state index in [0.717, 1.165) is 22.2 Å². The SMILES string of the molecule is Fc1ccc(CNc2nc(Nc3ccccc3Cl)nc3ccccc23)cc1. The van der Waals surface area contributed by atoms with Gasteiger partial charge in [0.2, 0.25) is 5.95 Å². The number of halogens is 2. The predicted molar refractivity (Wildman–Crippen MR) is 108 cm³/mol. The molecular weight excluding hydrogens is 363 g/mol. The first-order chi connectivity index (χ1) is 13.2. The van der Waals surface area contributed by atoms with Gasteiger partial charge in [-0.15, -0.1) is 0 Å². The summed E-state index contributed by atoms with van der Waals surface area (Å²) in [5, 5.41) is 7.98. The molecular formula is C21H16ClFN4. The molecule has 4 rings (SSSR count). The molecule has 0 amide bonds. The van der Waals surface area contributed by atoms with E-state index in [2.05, 4.69) is 20.6 Å². The molecule has 4 nitrogen and oxygen atoms in total. The third-order valence-corrected chi connectivity index (χ3v) is 4.43. The molecule has 3 aromatic carbocycles. The molecule has 2 N–H and O–H groups in total. The van der Waals surface area contributed by atoms with Crippen molar-refractivity contribution in [2.45, 2.75) is 6.54 Å². The van der Waals surface area contributed by atoms with Crippen molar-refractivity contribution in [3.63, 3.8) is 0 Å². The standard InChI is InChI=1S/C21H16ClFN4/c22-17-6-2-4-8-19(17)26-21-25-18-7-3-1-5-16(18)20(27-21)24-13-14-9-11-15(23)12-10-14/h1-12H,13H2,(H2,24,25,26,27). The second-order valence-corrected chi connectivity index (χ2v) is 6.41. The number of anilines is 3. The summed E-state index contributed by atoms with van der Waals surface area (Å²) in [5.74, 6) is 0.889. The molecule has 0 atom stereocenters. The predicted octanol–water partition coefficient (Wildman–Crippen LogP) is 5.78. The quantitative estimate of drug-likeness (QED) is 0.462. The third kappa shape index (κ3) is 3.99. The Hall–Kier alpha value is -3.18. The Bertz CT molecular complexity index is 1080. The number of para-hydroxylation sites is 2. The maximum absolute atomic E-state index is 13.1. The summed E-state index contributed by atoms with van der Waals surface area (Å²) in [7, 11) is 0. The van der Waals surface area contributed by atoms with Crippen molar-refractivity contribution in [2.75, 3.05) is 10.6 Å². The van der Waals surface area contributed by atoms with Gasteiger partial charge >= 0.3 is 0 Å². The normalized spacial score (nSPS) is 10.7. The summed E-state index contributed by atoms with van der Waals surface area (Å²) < 4.78 is 13.1. The van der Waals surface area contributed by atoms with E-state index in [1.165, 1.54) is 12.1 Å². The lowest BCUT2D eigenvalue weighted by atomic mass is 10.2. The van der Waals surface area contributed by atoms with Crippen LogP contribution in [0.3, 0.4) is 0 Å². The lowest BCUT2D eigenvalue weighted by Gasteiger charge is -2.12. The molecule has 134 valence electrons. The second-order valence-electron chi connectivity index (χ2n) is 6.00. The molecule has 0 aliphatic rings. The van der Waals surface area contributed by atoms with Crippen LogP contribution in [0.25, 0.3) is 10.9 Å². The zero-order valence-corrected chi connectivity index (χ0v) is 15.0. The van der Waals surface area contributed by atoms with Gasteiger partial charge in [0.1, 0.15) is 11.6 Å². The number of aromatic nitrogens is 2. The second kappa shape index (κ2) is 7.60. The van der Waals surface area contributed by atoms with Gasteiger partial charge in [-0.2, -0.15) is 4.98 Å². The molecule has 1 heterocycles. The fourth-order valence-corrected chi connectivity index (χ4v) is 2.92. The van der Waals surface area contributed by atoms with Crippen LogP contribution in [0.1, 0.15) is 5.56 Å². The van der Waals surface area contributed by atoms with Gasteiger partial charge in [-0.05, 0) is 42.0 Å². The van der Waals surface area contributed by atoms with Crippen LogP contribution in [0.2, 0.25) is 5.02 Å². The molecule has 1 aromatic heterocycles. The van der Waals surface area contributed by atoms with E-state index in [1.807, 2.05) is 42.5 Å². The third-order valence-electron chi connectivity index (χ3n) is 4.10. The van der Waals surface area contributed by atoms with Crippen LogP contribution in [0.5, 0.6) is 0 Å². The Morgan fingerprint density at radius 1 is 0.852 bits per heavy atom. The highest BCUT2D eigenvalue weighted by molar-refractivity contribution is 6.33. The van der Waals surface area contributed by atoms with Crippen LogP contribution >= 0.6 is 11.6 Å². The Balaban J connectivity index is 1.66. The lowest BCUT2D eigenvalue weighted by Crippen LogP contribution is -2.06. The van der Waals surface area contributed by atoms with Gasteiger partial charge in [-0.1, -0.05) is 48.0 Å². The van der Waals surface area contributed by atoms with Gasteiger partial charge < -0.3 is 10.6 Å². The number of nitrogens with zero attached hydrogens (tertiary/aromatic N) is 2. The van der Waals surface area contributed by atoms with E-state index in [4.69, 9.17) is 11.6 Å². The fourth-order valence-electron chi connectivity index (χ4n) is 2.74. The highest BCUT2D eigenvalue weighted by Crippen LogP contribution is 2.27. The van der Waals surface area contributed by atoms with Crippen LogP contribution < -0.4 is 10.6 Å². The zero-order valence-electron chi connectivity index (χ0n) is 14.3. The Labute approximate surface area is 161 Å². The fraction of sp³-hybridized carbons (Fsp3) is 0.0476. The summed E-state index contributed by atoms with van der Waals surface area (Å²) in [6.45, 7) is 0.521. The molecule has 0 radical (unpaired) electrons. The number of nitrogens with one attached hydrogen (secondary N) is 2. The lowest BCUT2D eigenvalue weighted by molar-refractivity contribution is 0.627. The summed E-state index contributed by atoms with van der Waals surface area (Å²) in [6.07, 6.45) is 0. The first kappa shape index (κ1) is 17.2. The molecule has 0 unspecified atom stereocenters. The number of hydrogen-bond donors (Lipinski definition) is 2. The number of rotatable bonds is 5. The van der Waals surface area contributed by atoms with Gasteiger partial charge in [-0.25, -0.2) is 9.37 Å². The van der Waals surface area contributed by atoms with Crippen molar-refractivity contribution in [2.24, 2.45) is 0 Å². The molecule has 4 aromatic rings. The molecule has 0 spiro atoms. The van der Waals surface area contributed by atoms with Crippen molar-refractivity contribution in [3.05, 3.63) is 89.2 Å². The summed E-state index contributed by atoms with van der Waals surface area (Å²) in [5.41, 5.74) is 2.50. The van der Waals surface area contributed by atoms with Gasteiger partial charge in [-0.3, -0.25) is 0 Å². The van der Waals surface area contributed by atoms with Gasteiger partial charge in [0, 0.05) is 11.9 Å². The Morgan fingerprint density at radius 2 is 1.59 bits per heavy atom. The minimum absolute atomic E-state index is 0.252. The first-order valence-corrected chi connectivity index (χ1v) is 8.83. The molecule has 0 saturated heterocycles. The van der Waals surface area contributed by atoms with E-state index in [-0.39, 0.29) is 5.82 Å². The maximum atomic E-state index is 13.1. The van der Waals surface area contributed by atoms with Crippen LogP contribution in [0, 0.1) is 5.82 Å². The number of fused-ring (bicyclic) bond motifs is 1. The van der Waals surface area contributed by atoms with E-state index in [1.54, 1.807) is 18.2 Å². The van der Waals surface area contributed by atoms with Gasteiger partial charge in [0.25, 0.3) is 0 Å². The van der Waals surface area contributed by atoms with E-state index in [9.17, 15) is 4.39 Å². The van der Waals surface area contributed by atoms with Gasteiger partial charge in [0.15, 0.2) is 0 Å². The van der Waals surface area contributed by atoms with E-state index < -0.39 is 0 Å². The van der Waals surface area contributed by atoms with E-state index in [0.29, 0.717) is 23.3 Å². The topological polar surface area (TPSA) is 49.8 Å². The van der Waals surface area contributed by atoms with Crippen molar-refractivity contribution in [1.29, 1.82) is 0 Å². The molecule has 0 fully saturated rings. The average molecular weight is 379 g/mol. The summed E-state index contributed by atoms with van der Waals surface area (Å²) >= 11 is 6.22. The average Bonchev–Trinajstić information content (AvgIpc) is 2.69. The molecule has 0 bridgehead atoms. The number of hydrogen-bond acceptors (Lipinski definition) is 4. The maximum Gasteiger partial charge on any atom is 0.229 e. The van der Waals surface area contributed by atoms with Crippen LogP contribution in [-0.4, -0.2) is 9.97 Å². The van der Waals surface area contributed by atoms with Crippen molar-refractivity contribution in [1.82, 2.24) is 9.97 Å². The highest BCUT2D eigenvalue weighted by atomic mass is 35.5. The van der Waals surface area contributed by atoms with Crippen molar-refractivity contribution in [3.8, 4) is 0 Å². The number of benzene rings is 3.